The molecule has 4 rings (SSSR count). The van der Waals surface area contributed by atoms with Crippen LogP contribution in [0.1, 0.15) is 25.3 Å². The van der Waals surface area contributed by atoms with Gasteiger partial charge in [0.15, 0.2) is 5.82 Å². The lowest BCUT2D eigenvalue weighted by Crippen LogP contribution is -2.24. The predicted octanol–water partition coefficient (Wildman–Crippen LogP) is 1.80. The van der Waals surface area contributed by atoms with Crippen LogP contribution in [-0.2, 0) is 4.74 Å². The van der Waals surface area contributed by atoms with E-state index in [0.717, 1.165) is 6.42 Å². The average Bonchev–Trinajstić information content (AvgIpc) is 3.00. The molecule has 2 aliphatic rings. The van der Waals surface area contributed by atoms with Crippen LogP contribution in [0.2, 0.25) is 0 Å². The number of ether oxygens (including phenoxy) is 1. The fraction of sp³-hybridized carbons (Fsp3) is 0.500. The van der Waals surface area contributed by atoms with Crippen LogP contribution < -0.4 is 5.73 Å². The molecule has 2 N–H and O–H groups in total. The number of benzene rings is 1. The van der Waals surface area contributed by atoms with Crippen LogP contribution in [0.25, 0.3) is 11.4 Å². The Kier molecular flexibility index (Phi) is 2.88. The third-order valence-electron chi connectivity index (χ3n) is 4.23. The monoisotopic (exact) mass is 289 g/mol. The minimum absolute atomic E-state index is 0.0828. The van der Waals surface area contributed by atoms with E-state index in [0.29, 0.717) is 29.6 Å². The topological polar surface area (TPSA) is 78.9 Å². The van der Waals surface area contributed by atoms with Gasteiger partial charge in [0, 0.05) is 12.3 Å². The van der Waals surface area contributed by atoms with Gasteiger partial charge in [-0.15, -0.1) is 5.10 Å². The van der Waals surface area contributed by atoms with Crippen LogP contribution >= 0.6 is 0 Å². The minimum Gasteiger partial charge on any atom is -0.399 e. The molecule has 0 spiro atoms. The van der Waals surface area contributed by atoms with E-state index in [1.807, 2.05) is 0 Å². The van der Waals surface area contributed by atoms with E-state index in [1.165, 1.54) is 18.9 Å². The normalized spacial score (nSPS) is 25.4. The molecule has 110 valence electrons. The number of hydrogen-bond donors (Lipinski definition) is 1. The Morgan fingerprint density at radius 1 is 1.29 bits per heavy atom. The number of aromatic nitrogens is 4. The third kappa shape index (κ3) is 2.17. The zero-order chi connectivity index (χ0) is 14.4. The first-order valence-corrected chi connectivity index (χ1v) is 7.19. The molecule has 21 heavy (non-hydrogen) atoms. The van der Waals surface area contributed by atoms with Crippen LogP contribution in [0.15, 0.2) is 18.2 Å². The highest BCUT2D eigenvalue weighted by Crippen LogP contribution is 2.43. The Balaban J connectivity index is 1.73. The Morgan fingerprint density at radius 2 is 2.14 bits per heavy atom. The van der Waals surface area contributed by atoms with E-state index in [2.05, 4.69) is 15.5 Å². The standard InChI is InChI=1S/C14H16FN5O/c15-11-7-9(16)3-4-10(11)14-17-18-19-20(14)12-5-6-21-13(12)8-1-2-8/h3-4,7-8,12-13H,1-2,5-6,16H2. The summed E-state index contributed by atoms with van der Waals surface area (Å²) >= 11 is 0. The van der Waals surface area contributed by atoms with Gasteiger partial charge in [-0.3, -0.25) is 0 Å². The van der Waals surface area contributed by atoms with E-state index >= 15 is 0 Å². The second kappa shape index (κ2) is 4.77. The number of halogens is 1. The van der Waals surface area contributed by atoms with Gasteiger partial charge in [0.25, 0.3) is 0 Å². The average molecular weight is 289 g/mol. The lowest BCUT2D eigenvalue weighted by atomic mass is 10.1. The van der Waals surface area contributed by atoms with Gasteiger partial charge in [0.2, 0.25) is 0 Å². The molecule has 2 aromatic rings. The maximum absolute atomic E-state index is 14.1. The van der Waals surface area contributed by atoms with Gasteiger partial charge in [0.1, 0.15) is 5.82 Å². The van der Waals surface area contributed by atoms with E-state index < -0.39 is 5.82 Å². The van der Waals surface area contributed by atoms with Crippen molar-refractivity contribution in [1.82, 2.24) is 20.2 Å². The molecule has 2 heterocycles. The molecule has 2 atom stereocenters. The van der Waals surface area contributed by atoms with Gasteiger partial charge in [-0.25, -0.2) is 9.07 Å². The smallest absolute Gasteiger partial charge is 0.185 e. The van der Waals surface area contributed by atoms with Crippen LogP contribution in [0.4, 0.5) is 10.1 Å². The summed E-state index contributed by atoms with van der Waals surface area (Å²) in [6.45, 7) is 0.704. The molecule has 0 amide bonds. The van der Waals surface area contributed by atoms with Crippen LogP contribution in [-0.4, -0.2) is 32.9 Å². The summed E-state index contributed by atoms with van der Waals surface area (Å²) in [4.78, 5) is 0. The van der Waals surface area contributed by atoms with Crippen molar-refractivity contribution in [2.45, 2.75) is 31.4 Å². The summed E-state index contributed by atoms with van der Waals surface area (Å²) in [6.07, 6.45) is 3.38. The lowest BCUT2D eigenvalue weighted by Gasteiger charge is -2.19. The Labute approximate surface area is 121 Å². The lowest BCUT2D eigenvalue weighted by molar-refractivity contribution is 0.0725. The molecule has 2 unspecified atom stereocenters. The molecular formula is C14H16FN5O. The van der Waals surface area contributed by atoms with Crippen molar-refractivity contribution in [2.75, 3.05) is 12.3 Å². The maximum Gasteiger partial charge on any atom is 0.185 e. The Morgan fingerprint density at radius 3 is 2.90 bits per heavy atom. The predicted molar refractivity (Wildman–Crippen MR) is 73.7 cm³/mol. The van der Waals surface area contributed by atoms with Gasteiger partial charge in [-0.2, -0.15) is 0 Å². The molecule has 1 aromatic heterocycles. The molecule has 1 aliphatic carbocycles. The van der Waals surface area contributed by atoms with Crippen molar-refractivity contribution < 1.29 is 9.13 Å². The first-order valence-electron chi connectivity index (χ1n) is 7.19. The highest BCUT2D eigenvalue weighted by atomic mass is 19.1. The molecule has 1 saturated heterocycles. The van der Waals surface area contributed by atoms with Crippen molar-refractivity contribution >= 4 is 5.69 Å². The number of nitrogens with two attached hydrogens (primary N) is 1. The molecule has 0 radical (unpaired) electrons. The highest BCUT2D eigenvalue weighted by molar-refractivity contribution is 5.59. The van der Waals surface area contributed by atoms with Crippen molar-refractivity contribution in [3.05, 3.63) is 24.0 Å². The first-order chi connectivity index (χ1) is 10.2. The Bertz CT molecular complexity index is 669. The second-order valence-electron chi connectivity index (χ2n) is 5.72. The fourth-order valence-electron chi connectivity index (χ4n) is 3.04. The number of rotatable bonds is 3. The zero-order valence-electron chi connectivity index (χ0n) is 11.4. The molecule has 0 bridgehead atoms. The quantitative estimate of drug-likeness (QED) is 0.872. The minimum atomic E-state index is -0.409. The van der Waals surface area contributed by atoms with Crippen molar-refractivity contribution in [2.24, 2.45) is 5.92 Å². The van der Waals surface area contributed by atoms with Gasteiger partial charge in [-0.05, 0) is 53.8 Å². The van der Waals surface area contributed by atoms with Crippen LogP contribution in [0.3, 0.4) is 0 Å². The number of nitrogen functional groups attached to an aromatic ring is 1. The third-order valence-corrected chi connectivity index (χ3v) is 4.23. The van der Waals surface area contributed by atoms with E-state index in [-0.39, 0.29) is 12.1 Å². The van der Waals surface area contributed by atoms with Gasteiger partial charge in [-0.1, -0.05) is 0 Å². The second-order valence-corrected chi connectivity index (χ2v) is 5.72. The summed E-state index contributed by atoms with van der Waals surface area (Å²) in [7, 11) is 0. The molecule has 1 saturated carbocycles. The summed E-state index contributed by atoms with van der Waals surface area (Å²) in [5, 5.41) is 11.8. The van der Waals surface area contributed by atoms with Crippen LogP contribution in [0.5, 0.6) is 0 Å². The van der Waals surface area contributed by atoms with Crippen molar-refractivity contribution in [3.8, 4) is 11.4 Å². The first kappa shape index (κ1) is 12.7. The number of hydrogen-bond acceptors (Lipinski definition) is 5. The zero-order valence-corrected chi connectivity index (χ0v) is 11.4. The largest absolute Gasteiger partial charge is 0.399 e. The highest BCUT2D eigenvalue weighted by Gasteiger charge is 2.43. The van der Waals surface area contributed by atoms with Crippen LogP contribution in [0, 0.1) is 11.7 Å². The maximum atomic E-state index is 14.1. The van der Waals surface area contributed by atoms with E-state index in [4.69, 9.17) is 10.5 Å². The Hall–Kier alpha value is -2.02. The molecule has 1 aliphatic heterocycles. The summed E-state index contributed by atoms with van der Waals surface area (Å²) < 4.78 is 21.7. The molecule has 6 nitrogen and oxygen atoms in total. The van der Waals surface area contributed by atoms with E-state index in [9.17, 15) is 4.39 Å². The molecule has 2 fully saturated rings. The van der Waals surface area contributed by atoms with E-state index in [1.54, 1.807) is 16.8 Å². The van der Waals surface area contributed by atoms with Crippen molar-refractivity contribution in [1.29, 1.82) is 0 Å². The summed E-state index contributed by atoms with van der Waals surface area (Å²) in [5.74, 6) is 0.618. The van der Waals surface area contributed by atoms with Gasteiger partial charge in [0.05, 0.1) is 17.7 Å². The van der Waals surface area contributed by atoms with Gasteiger partial charge >= 0.3 is 0 Å². The number of tetrazole rings is 1. The van der Waals surface area contributed by atoms with Crippen molar-refractivity contribution in [3.63, 3.8) is 0 Å². The number of nitrogens with zero attached hydrogens (tertiary/aromatic N) is 4. The summed E-state index contributed by atoms with van der Waals surface area (Å²) in [5.41, 5.74) is 6.35. The van der Waals surface area contributed by atoms with Gasteiger partial charge < -0.3 is 10.5 Å². The molecular weight excluding hydrogens is 273 g/mol. The SMILES string of the molecule is Nc1ccc(-c2nnnn2C2CCOC2C2CC2)c(F)c1. The molecule has 7 heteroatoms. The molecule has 1 aromatic carbocycles. The summed E-state index contributed by atoms with van der Waals surface area (Å²) in [6, 6.07) is 4.65. The fourth-order valence-corrected chi connectivity index (χ4v) is 3.04. The number of anilines is 1.